The average Bonchev–Trinajstić information content (AvgIpc) is 2.31. The van der Waals surface area contributed by atoms with Gasteiger partial charge in [-0.25, -0.2) is 9.59 Å². The molecule has 8 nitrogen and oxygen atoms in total. The number of carbonyl (C=O) groups is 3. The number of para-hydroxylation sites is 1. The summed E-state index contributed by atoms with van der Waals surface area (Å²) in [6.45, 7) is 0. The lowest BCUT2D eigenvalue weighted by Crippen LogP contribution is -2.25. The van der Waals surface area contributed by atoms with E-state index in [9.17, 15) is 19.5 Å². The molecule has 1 unspecified atom stereocenters. The predicted octanol–water partition coefficient (Wildman–Crippen LogP) is -0.169. The zero-order valence-electron chi connectivity index (χ0n) is 9.44. The van der Waals surface area contributed by atoms with Gasteiger partial charge in [0.15, 0.2) is 17.6 Å². The van der Waals surface area contributed by atoms with Crippen molar-refractivity contribution in [3.8, 4) is 11.5 Å². The van der Waals surface area contributed by atoms with Gasteiger partial charge in [0.25, 0.3) is 0 Å². The SMILES string of the molecule is O=C(CC(O)C(=O)O)Oc1c(O)cccc1C(=O)O. The maximum atomic E-state index is 11.3. The summed E-state index contributed by atoms with van der Waals surface area (Å²) in [5.74, 6) is -5.42. The maximum Gasteiger partial charge on any atom is 0.339 e. The number of aromatic hydroxyl groups is 1. The molecule has 1 aromatic carbocycles. The van der Waals surface area contributed by atoms with Gasteiger partial charge in [-0.3, -0.25) is 4.79 Å². The van der Waals surface area contributed by atoms with Crippen LogP contribution < -0.4 is 4.74 Å². The molecule has 0 bridgehead atoms. The van der Waals surface area contributed by atoms with Gasteiger partial charge in [0.05, 0.1) is 6.42 Å². The number of hydrogen-bond donors (Lipinski definition) is 4. The van der Waals surface area contributed by atoms with Gasteiger partial charge in [-0.1, -0.05) is 6.07 Å². The van der Waals surface area contributed by atoms with E-state index < -0.39 is 47.5 Å². The van der Waals surface area contributed by atoms with Crippen molar-refractivity contribution in [3.63, 3.8) is 0 Å². The van der Waals surface area contributed by atoms with Gasteiger partial charge in [0.2, 0.25) is 0 Å². The highest BCUT2D eigenvalue weighted by Crippen LogP contribution is 2.30. The number of benzene rings is 1. The Balaban J connectivity index is 2.90. The fourth-order valence-corrected chi connectivity index (χ4v) is 1.20. The van der Waals surface area contributed by atoms with Gasteiger partial charge in [-0.2, -0.15) is 0 Å². The van der Waals surface area contributed by atoms with Crippen LogP contribution in [-0.4, -0.2) is 44.4 Å². The van der Waals surface area contributed by atoms with Crippen LogP contribution in [0.15, 0.2) is 18.2 Å². The Hall–Kier alpha value is -2.61. The molecule has 19 heavy (non-hydrogen) atoms. The number of rotatable bonds is 5. The van der Waals surface area contributed by atoms with Crippen molar-refractivity contribution < 1.29 is 39.5 Å². The Kier molecular flexibility index (Phi) is 4.43. The minimum Gasteiger partial charge on any atom is -0.504 e. The van der Waals surface area contributed by atoms with E-state index >= 15 is 0 Å². The summed E-state index contributed by atoms with van der Waals surface area (Å²) < 4.78 is 4.57. The van der Waals surface area contributed by atoms with Crippen LogP contribution in [0.5, 0.6) is 11.5 Å². The highest BCUT2D eigenvalue weighted by Gasteiger charge is 2.23. The minimum absolute atomic E-state index is 0.460. The van der Waals surface area contributed by atoms with Crippen LogP contribution in [0.1, 0.15) is 16.8 Å². The van der Waals surface area contributed by atoms with Crippen molar-refractivity contribution in [1.29, 1.82) is 0 Å². The molecule has 0 aromatic heterocycles. The Labute approximate surface area is 106 Å². The lowest BCUT2D eigenvalue weighted by molar-refractivity contribution is -0.152. The molecule has 0 aliphatic rings. The molecule has 0 spiro atoms. The van der Waals surface area contributed by atoms with Crippen LogP contribution in [0.4, 0.5) is 0 Å². The van der Waals surface area contributed by atoms with Gasteiger partial charge in [0.1, 0.15) is 5.56 Å². The lowest BCUT2D eigenvalue weighted by atomic mass is 10.2. The quantitative estimate of drug-likeness (QED) is 0.427. The van der Waals surface area contributed by atoms with Gasteiger partial charge in [-0.15, -0.1) is 0 Å². The molecule has 1 atom stereocenters. The van der Waals surface area contributed by atoms with Gasteiger partial charge in [0, 0.05) is 0 Å². The molecule has 1 aromatic rings. The summed E-state index contributed by atoms with van der Waals surface area (Å²) in [5, 5.41) is 35.6. The van der Waals surface area contributed by atoms with E-state index in [0.29, 0.717) is 0 Å². The van der Waals surface area contributed by atoms with E-state index in [1.165, 1.54) is 6.07 Å². The minimum atomic E-state index is -1.97. The first-order valence-electron chi connectivity index (χ1n) is 4.99. The Bertz CT molecular complexity index is 521. The van der Waals surface area contributed by atoms with Crippen molar-refractivity contribution in [1.82, 2.24) is 0 Å². The molecule has 1 rings (SSSR count). The number of ether oxygens (including phenoxy) is 1. The monoisotopic (exact) mass is 270 g/mol. The van der Waals surface area contributed by atoms with Crippen LogP contribution >= 0.6 is 0 Å². The first kappa shape index (κ1) is 14.5. The number of esters is 1. The standard InChI is InChI=1S/C11H10O8/c12-6-3-1-2-5(10(15)16)9(6)19-8(14)4-7(13)11(17)18/h1-3,7,12-13H,4H2,(H,15,16)(H,17,18). The Morgan fingerprint density at radius 2 is 1.84 bits per heavy atom. The number of carboxylic acid groups (broad SMARTS) is 2. The third-order valence-corrected chi connectivity index (χ3v) is 2.09. The largest absolute Gasteiger partial charge is 0.504 e. The second-order valence-electron chi connectivity index (χ2n) is 3.49. The second kappa shape index (κ2) is 5.83. The van der Waals surface area contributed by atoms with Crippen LogP contribution in [0.2, 0.25) is 0 Å². The number of hydrogen-bond acceptors (Lipinski definition) is 6. The molecule has 0 heterocycles. The summed E-state index contributed by atoms with van der Waals surface area (Å²) in [7, 11) is 0. The fourth-order valence-electron chi connectivity index (χ4n) is 1.20. The number of aliphatic carboxylic acids is 1. The predicted molar refractivity (Wildman–Crippen MR) is 59.0 cm³/mol. The first-order valence-corrected chi connectivity index (χ1v) is 4.99. The smallest absolute Gasteiger partial charge is 0.339 e. The van der Waals surface area contributed by atoms with Crippen LogP contribution in [0.3, 0.4) is 0 Å². The molecule has 0 amide bonds. The number of phenols is 1. The van der Waals surface area contributed by atoms with Crippen molar-refractivity contribution in [2.45, 2.75) is 12.5 Å². The maximum absolute atomic E-state index is 11.3. The molecule has 0 aliphatic heterocycles. The van der Waals surface area contributed by atoms with Crippen molar-refractivity contribution in [2.24, 2.45) is 0 Å². The number of aromatic carboxylic acids is 1. The number of aliphatic hydroxyl groups is 1. The van der Waals surface area contributed by atoms with E-state index in [4.69, 9.17) is 15.3 Å². The molecule has 102 valence electrons. The van der Waals surface area contributed by atoms with E-state index in [1.807, 2.05) is 0 Å². The van der Waals surface area contributed by atoms with E-state index in [1.54, 1.807) is 0 Å². The molecular formula is C11H10O8. The summed E-state index contributed by atoms with van der Waals surface area (Å²) in [6, 6.07) is 3.43. The first-order chi connectivity index (χ1) is 8.82. The molecule has 0 fully saturated rings. The second-order valence-corrected chi connectivity index (χ2v) is 3.49. The van der Waals surface area contributed by atoms with Crippen molar-refractivity contribution in [3.05, 3.63) is 23.8 Å². The zero-order chi connectivity index (χ0) is 14.6. The third-order valence-electron chi connectivity index (χ3n) is 2.09. The molecule has 0 aliphatic carbocycles. The number of carbonyl (C=O) groups excluding carboxylic acids is 1. The number of aliphatic hydroxyl groups excluding tert-OH is 1. The van der Waals surface area contributed by atoms with Crippen LogP contribution in [0.25, 0.3) is 0 Å². The number of carboxylic acids is 2. The van der Waals surface area contributed by atoms with E-state index in [2.05, 4.69) is 4.74 Å². The highest BCUT2D eigenvalue weighted by atomic mass is 16.5. The van der Waals surface area contributed by atoms with Crippen molar-refractivity contribution in [2.75, 3.05) is 0 Å². The number of phenolic OH excluding ortho intramolecular Hbond substituents is 1. The fraction of sp³-hybridized carbons (Fsp3) is 0.182. The molecule has 0 saturated carbocycles. The average molecular weight is 270 g/mol. The normalized spacial score (nSPS) is 11.6. The van der Waals surface area contributed by atoms with Gasteiger partial charge < -0.3 is 25.2 Å². The molecule has 4 N–H and O–H groups in total. The van der Waals surface area contributed by atoms with Crippen LogP contribution in [-0.2, 0) is 9.59 Å². The van der Waals surface area contributed by atoms with Crippen LogP contribution in [0, 0.1) is 0 Å². The Morgan fingerprint density at radius 3 is 2.37 bits per heavy atom. The summed E-state index contributed by atoms with van der Waals surface area (Å²) in [4.78, 5) is 32.5. The molecule has 8 heteroatoms. The topological polar surface area (TPSA) is 141 Å². The third kappa shape index (κ3) is 3.68. The van der Waals surface area contributed by atoms with Gasteiger partial charge >= 0.3 is 17.9 Å². The molecule has 0 radical (unpaired) electrons. The summed E-state index contributed by atoms with van der Waals surface area (Å²) in [5.41, 5.74) is -0.460. The highest BCUT2D eigenvalue weighted by molar-refractivity contribution is 5.93. The lowest BCUT2D eigenvalue weighted by Gasteiger charge is -2.10. The van der Waals surface area contributed by atoms with Gasteiger partial charge in [-0.05, 0) is 12.1 Å². The molecule has 0 saturated heterocycles. The van der Waals surface area contributed by atoms with E-state index in [-0.39, 0.29) is 0 Å². The zero-order valence-corrected chi connectivity index (χ0v) is 9.44. The Morgan fingerprint density at radius 1 is 1.21 bits per heavy atom. The van der Waals surface area contributed by atoms with E-state index in [0.717, 1.165) is 12.1 Å². The summed E-state index contributed by atoms with van der Waals surface area (Å²) >= 11 is 0. The summed E-state index contributed by atoms with van der Waals surface area (Å²) in [6.07, 6.45) is -2.84. The molecular weight excluding hydrogens is 260 g/mol. The van der Waals surface area contributed by atoms with Crippen molar-refractivity contribution >= 4 is 17.9 Å².